The highest BCUT2D eigenvalue weighted by molar-refractivity contribution is 5.90. The maximum absolute atomic E-state index is 11.9. The van der Waals surface area contributed by atoms with Crippen LogP contribution in [-0.2, 0) is 0 Å². The summed E-state index contributed by atoms with van der Waals surface area (Å²) in [5, 5.41) is 3.33. The van der Waals surface area contributed by atoms with Crippen LogP contribution in [-0.4, -0.2) is 41.5 Å². The number of nitrogens with one attached hydrogen (secondary N) is 1. The largest absolute Gasteiger partial charge is 0.441 e. The molecule has 2 aliphatic rings. The number of hydrogen-bond acceptors (Lipinski definition) is 4. The maximum Gasteiger partial charge on any atom is 0.309 e. The van der Waals surface area contributed by atoms with Crippen molar-refractivity contribution in [1.82, 2.24) is 15.2 Å². The smallest absolute Gasteiger partial charge is 0.309 e. The van der Waals surface area contributed by atoms with E-state index in [1.165, 1.54) is 12.5 Å². The molecule has 0 spiro atoms. The lowest BCUT2D eigenvalue weighted by Gasteiger charge is -2.50. The number of carbonyl (C=O) groups is 1. The Hall–Kier alpha value is -1.36. The molecule has 5 heteroatoms. The highest BCUT2D eigenvalue weighted by atomic mass is 16.4. The molecule has 2 fully saturated rings. The standard InChI is InChI=1S/C10H13N3O2/c14-10(9-12-3-4-15-9)13-6-7-5-11-2-1-8(7)13/h3-4,7-8,11H,1-2,5-6H2. The lowest BCUT2D eigenvalue weighted by molar-refractivity contribution is -0.000527. The Bertz CT molecular complexity index is 363. The Balaban J connectivity index is 1.72. The summed E-state index contributed by atoms with van der Waals surface area (Å²) in [5.74, 6) is 0.771. The molecule has 2 aliphatic heterocycles. The van der Waals surface area contributed by atoms with Crippen molar-refractivity contribution in [3.63, 3.8) is 0 Å². The van der Waals surface area contributed by atoms with Crippen LogP contribution in [0.4, 0.5) is 0 Å². The second-order valence-electron chi connectivity index (χ2n) is 4.11. The van der Waals surface area contributed by atoms with Gasteiger partial charge in [-0.1, -0.05) is 0 Å². The zero-order valence-corrected chi connectivity index (χ0v) is 8.35. The van der Waals surface area contributed by atoms with Crippen molar-refractivity contribution in [2.75, 3.05) is 19.6 Å². The lowest BCUT2D eigenvalue weighted by Crippen LogP contribution is -2.64. The zero-order chi connectivity index (χ0) is 10.3. The Kier molecular flexibility index (Phi) is 1.98. The molecule has 2 unspecified atom stereocenters. The van der Waals surface area contributed by atoms with Gasteiger partial charge in [0, 0.05) is 25.0 Å². The van der Waals surface area contributed by atoms with Crippen LogP contribution < -0.4 is 5.32 Å². The number of carbonyl (C=O) groups excluding carboxylic acids is 1. The van der Waals surface area contributed by atoms with Crippen LogP contribution in [0.1, 0.15) is 17.1 Å². The molecule has 3 heterocycles. The van der Waals surface area contributed by atoms with E-state index in [1.807, 2.05) is 4.90 Å². The van der Waals surface area contributed by atoms with Crippen LogP contribution in [0.5, 0.6) is 0 Å². The van der Waals surface area contributed by atoms with E-state index in [-0.39, 0.29) is 11.8 Å². The minimum atomic E-state index is -0.0665. The number of hydrogen-bond donors (Lipinski definition) is 1. The third kappa shape index (κ3) is 1.34. The number of piperidine rings is 1. The zero-order valence-electron chi connectivity index (χ0n) is 8.35. The Morgan fingerprint density at radius 2 is 2.60 bits per heavy atom. The normalized spacial score (nSPS) is 29.5. The average molecular weight is 207 g/mol. The first-order valence-electron chi connectivity index (χ1n) is 5.27. The minimum absolute atomic E-state index is 0.0665. The summed E-state index contributed by atoms with van der Waals surface area (Å²) < 4.78 is 5.01. The van der Waals surface area contributed by atoms with Crippen molar-refractivity contribution in [2.45, 2.75) is 12.5 Å². The van der Waals surface area contributed by atoms with Crippen LogP contribution in [0.3, 0.4) is 0 Å². The number of nitrogens with zero attached hydrogens (tertiary/aromatic N) is 2. The monoisotopic (exact) mass is 207 g/mol. The third-order valence-electron chi connectivity index (χ3n) is 3.28. The van der Waals surface area contributed by atoms with Gasteiger partial charge in [-0.25, -0.2) is 4.98 Å². The number of oxazole rings is 1. The number of likely N-dealkylation sites (tertiary alicyclic amines) is 1. The van der Waals surface area contributed by atoms with Gasteiger partial charge in [0.1, 0.15) is 6.26 Å². The van der Waals surface area contributed by atoms with Gasteiger partial charge >= 0.3 is 5.91 Å². The van der Waals surface area contributed by atoms with E-state index >= 15 is 0 Å². The molecule has 1 aromatic heterocycles. The average Bonchev–Trinajstić information content (AvgIpc) is 2.72. The third-order valence-corrected chi connectivity index (χ3v) is 3.28. The van der Waals surface area contributed by atoms with Gasteiger partial charge in [-0.15, -0.1) is 0 Å². The summed E-state index contributed by atoms with van der Waals surface area (Å²) in [6.45, 7) is 2.86. The van der Waals surface area contributed by atoms with E-state index in [0.717, 1.165) is 26.1 Å². The van der Waals surface area contributed by atoms with Gasteiger partial charge in [0.25, 0.3) is 5.89 Å². The number of aromatic nitrogens is 1. The predicted octanol–water partition coefficient (Wildman–Crippen LogP) is 0.108. The molecule has 5 nitrogen and oxygen atoms in total. The van der Waals surface area contributed by atoms with E-state index in [1.54, 1.807) is 0 Å². The predicted molar refractivity (Wildman–Crippen MR) is 52.3 cm³/mol. The molecule has 0 bridgehead atoms. The summed E-state index contributed by atoms with van der Waals surface area (Å²) in [7, 11) is 0. The van der Waals surface area contributed by atoms with Crippen LogP contribution in [0, 0.1) is 5.92 Å². The molecule has 0 aliphatic carbocycles. The fraction of sp³-hybridized carbons (Fsp3) is 0.600. The van der Waals surface area contributed by atoms with Gasteiger partial charge in [-0.2, -0.15) is 0 Å². The topological polar surface area (TPSA) is 58.4 Å². The summed E-state index contributed by atoms with van der Waals surface area (Å²) in [6, 6.07) is 0.394. The lowest BCUT2D eigenvalue weighted by atomic mass is 9.83. The Morgan fingerprint density at radius 1 is 1.67 bits per heavy atom. The maximum atomic E-state index is 11.9. The molecule has 0 aromatic carbocycles. The summed E-state index contributed by atoms with van der Waals surface area (Å²) in [4.78, 5) is 17.6. The summed E-state index contributed by atoms with van der Waals surface area (Å²) in [6.07, 6.45) is 3.98. The van der Waals surface area contributed by atoms with E-state index in [4.69, 9.17) is 4.42 Å². The Labute approximate surface area is 87.5 Å². The molecule has 1 N–H and O–H groups in total. The van der Waals surface area contributed by atoms with Gasteiger partial charge < -0.3 is 14.6 Å². The van der Waals surface area contributed by atoms with Gasteiger partial charge in [0.05, 0.1) is 6.20 Å². The van der Waals surface area contributed by atoms with E-state index in [9.17, 15) is 4.79 Å². The van der Waals surface area contributed by atoms with Crippen molar-refractivity contribution < 1.29 is 9.21 Å². The first-order chi connectivity index (χ1) is 7.36. The number of fused-ring (bicyclic) bond motifs is 1. The van der Waals surface area contributed by atoms with Gasteiger partial charge in [-0.3, -0.25) is 4.79 Å². The van der Waals surface area contributed by atoms with Crippen molar-refractivity contribution in [2.24, 2.45) is 5.92 Å². The summed E-state index contributed by atoms with van der Waals surface area (Å²) in [5.41, 5.74) is 0. The van der Waals surface area contributed by atoms with Gasteiger partial charge in [0.15, 0.2) is 0 Å². The Morgan fingerprint density at radius 3 is 3.33 bits per heavy atom. The van der Waals surface area contributed by atoms with E-state index in [0.29, 0.717) is 12.0 Å². The molecule has 80 valence electrons. The highest BCUT2D eigenvalue weighted by Crippen LogP contribution is 2.30. The molecule has 3 rings (SSSR count). The molecule has 1 aromatic rings. The van der Waals surface area contributed by atoms with Gasteiger partial charge in [0.2, 0.25) is 0 Å². The molecular weight excluding hydrogens is 194 g/mol. The highest BCUT2D eigenvalue weighted by Gasteiger charge is 2.44. The fourth-order valence-electron chi connectivity index (χ4n) is 2.44. The molecular formula is C10H13N3O2. The van der Waals surface area contributed by atoms with Gasteiger partial charge in [-0.05, 0) is 13.0 Å². The van der Waals surface area contributed by atoms with Crippen molar-refractivity contribution in [3.8, 4) is 0 Å². The van der Waals surface area contributed by atoms with Crippen LogP contribution in [0.2, 0.25) is 0 Å². The molecule has 2 atom stereocenters. The van der Waals surface area contributed by atoms with Crippen LogP contribution in [0.15, 0.2) is 16.9 Å². The van der Waals surface area contributed by atoms with Crippen molar-refractivity contribution in [3.05, 3.63) is 18.4 Å². The van der Waals surface area contributed by atoms with Crippen molar-refractivity contribution >= 4 is 5.91 Å². The van der Waals surface area contributed by atoms with E-state index in [2.05, 4.69) is 10.3 Å². The van der Waals surface area contributed by atoms with Crippen LogP contribution >= 0.6 is 0 Å². The second-order valence-corrected chi connectivity index (χ2v) is 4.11. The molecule has 2 saturated heterocycles. The second kappa shape index (κ2) is 3.34. The minimum Gasteiger partial charge on any atom is -0.441 e. The first-order valence-corrected chi connectivity index (χ1v) is 5.27. The molecule has 1 amide bonds. The van der Waals surface area contributed by atoms with E-state index < -0.39 is 0 Å². The molecule has 0 saturated carbocycles. The molecule has 15 heavy (non-hydrogen) atoms. The SMILES string of the molecule is O=C(c1ncco1)N1CC2CNCCC21. The number of rotatable bonds is 1. The van der Waals surface area contributed by atoms with Crippen molar-refractivity contribution in [1.29, 1.82) is 0 Å². The quantitative estimate of drug-likeness (QED) is 0.710. The summed E-state index contributed by atoms with van der Waals surface area (Å²) >= 11 is 0. The fourth-order valence-corrected chi connectivity index (χ4v) is 2.44. The molecule has 0 radical (unpaired) electrons. The van der Waals surface area contributed by atoms with Crippen LogP contribution in [0.25, 0.3) is 0 Å². The number of amides is 1. The first kappa shape index (κ1) is 8.91.